The Morgan fingerprint density at radius 3 is 2.65 bits per heavy atom. The molecule has 0 atom stereocenters. The molecule has 0 aromatic heterocycles. The van der Waals surface area contributed by atoms with E-state index in [9.17, 15) is 0 Å². The number of H-pyrrole nitrogens is 2. The highest BCUT2D eigenvalue weighted by Gasteiger charge is 2.14. The van der Waals surface area contributed by atoms with Crippen molar-refractivity contribution < 1.29 is 0 Å². The average molecular weight is 261 g/mol. The molecule has 0 spiro atoms. The minimum Gasteiger partial charge on any atom is -0.320 e. The molecule has 0 saturated heterocycles. The van der Waals surface area contributed by atoms with E-state index in [1.54, 1.807) is 4.68 Å². The molecule has 2 N–H and O–H groups in total. The summed E-state index contributed by atoms with van der Waals surface area (Å²) >= 11 is 10.2. The second-order valence-electron chi connectivity index (χ2n) is 3.43. The van der Waals surface area contributed by atoms with E-state index in [1.807, 2.05) is 30.3 Å². The van der Waals surface area contributed by atoms with Gasteiger partial charge in [-0.15, -0.1) is 0 Å². The minimum absolute atomic E-state index is 0.355. The van der Waals surface area contributed by atoms with Crippen LogP contribution in [-0.2, 0) is 0 Å². The van der Waals surface area contributed by atoms with Gasteiger partial charge in [0.05, 0.1) is 5.69 Å². The van der Waals surface area contributed by atoms with Crippen LogP contribution in [-0.4, -0.2) is 25.0 Å². The van der Waals surface area contributed by atoms with Gasteiger partial charge in [-0.3, -0.25) is 0 Å². The molecule has 0 amide bonds. The topological polar surface area (TPSA) is 62.3 Å². The number of aromatic amines is 2. The van der Waals surface area contributed by atoms with Gasteiger partial charge in [0.1, 0.15) is 4.64 Å². The van der Waals surface area contributed by atoms with Gasteiger partial charge in [-0.1, -0.05) is 30.4 Å². The summed E-state index contributed by atoms with van der Waals surface area (Å²) < 4.78 is 2.59. The van der Waals surface area contributed by atoms with Crippen molar-refractivity contribution in [1.29, 1.82) is 0 Å². The zero-order valence-electron chi connectivity index (χ0n) is 8.54. The average Bonchev–Trinajstić information content (AvgIpc) is 2.74. The van der Waals surface area contributed by atoms with Crippen LogP contribution in [0.25, 0.3) is 17.2 Å². The summed E-state index contributed by atoms with van der Waals surface area (Å²) in [5.74, 6) is 0.630. The van der Waals surface area contributed by atoms with Crippen LogP contribution in [0.5, 0.6) is 0 Å². The first kappa shape index (κ1) is 10.3. The molecule has 0 radical (unpaired) electrons. The molecular formula is C10H7N5S2. The molecular weight excluding hydrogens is 254 g/mol. The molecule has 17 heavy (non-hydrogen) atoms. The summed E-state index contributed by atoms with van der Waals surface area (Å²) in [5, 5.41) is 7.00. The molecule has 84 valence electrons. The van der Waals surface area contributed by atoms with Crippen molar-refractivity contribution in [1.82, 2.24) is 25.0 Å². The number of aromatic nitrogens is 5. The largest absolute Gasteiger partial charge is 0.320 e. The molecule has 5 nitrogen and oxygen atoms in total. The maximum atomic E-state index is 5.15. The number of para-hydroxylation sites is 1. The number of rotatable bonds is 1. The van der Waals surface area contributed by atoms with E-state index in [1.165, 1.54) is 0 Å². The lowest BCUT2D eigenvalue weighted by Crippen LogP contribution is -2.01. The maximum Gasteiger partial charge on any atom is 0.200 e. The second-order valence-corrected chi connectivity index (χ2v) is 4.22. The molecule has 3 rings (SSSR count). The Labute approximate surface area is 106 Å². The van der Waals surface area contributed by atoms with Crippen LogP contribution in [0, 0.1) is 9.41 Å². The third-order valence-corrected chi connectivity index (χ3v) is 2.83. The zero-order valence-corrected chi connectivity index (χ0v) is 10.2. The van der Waals surface area contributed by atoms with Gasteiger partial charge in [0.25, 0.3) is 0 Å². The lowest BCUT2D eigenvalue weighted by Gasteiger charge is -2.03. The summed E-state index contributed by atoms with van der Waals surface area (Å²) in [6.07, 6.45) is 0. The van der Waals surface area contributed by atoms with Gasteiger partial charge < -0.3 is 4.98 Å². The Kier molecular flexibility index (Phi) is 2.34. The van der Waals surface area contributed by atoms with Crippen LogP contribution in [0.2, 0.25) is 0 Å². The molecule has 2 aliphatic rings. The molecule has 0 bridgehead atoms. The fraction of sp³-hybridized carbons (Fsp3) is 0. The lowest BCUT2D eigenvalue weighted by atomic mass is 10.3. The predicted octanol–water partition coefficient (Wildman–Crippen LogP) is 2.49. The van der Waals surface area contributed by atoms with E-state index in [0.717, 1.165) is 5.69 Å². The molecule has 1 aromatic rings. The van der Waals surface area contributed by atoms with E-state index in [4.69, 9.17) is 24.4 Å². The SMILES string of the molecule is S=c1nc2n(-c3ccccc3)[nH]nc-2c(=S)[nH]1. The van der Waals surface area contributed by atoms with Crippen molar-refractivity contribution in [3.8, 4) is 17.2 Å². The minimum atomic E-state index is 0.355. The van der Waals surface area contributed by atoms with Crippen molar-refractivity contribution in [3.05, 3.63) is 39.7 Å². The monoisotopic (exact) mass is 261 g/mol. The summed E-state index contributed by atoms with van der Waals surface area (Å²) in [5.41, 5.74) is 1.54. The van der Waals surface area contributed by atoms with E-state index in [2.05, 4.69) is 20.3 Å². The Hall–Kier alpha value is -1.86. The Morgan fingerprint density at radius 2 is 1.88 bits per heavy atom. The highest BCUT2D eigenvalue weighted by atomic mass is 32.1. The molecule has 1 aromatic carbocycles. The standard InChI is InChI=1S/C10H7N5S2/c16-9-7-8(11-10(17)12-9)15(14-13-7)6-4-2-1-3-5-6/h1-5,14H,(H,12,16,17). The van der Waals surface area contributed by atoms with Crippen LogP contribution in [0.1, 0.15) is 0 Å². The number of hydrogen-bond acceptors (Lipinski definition) is 4. The number of nitrogens with one attached hydrogen (secondary N) is 2. The normalized spacial score (nSPS) is 10.8. The zero-order chi connectivity index (χ0) is 11.8. The van der Waals surface area contributed by atoms with Crippen LogP contribution in [0.3, 0.4) is 0 Å². The van der Waals surface area contributed by atoms with Gasteiger partial charge in [-0.2, -0.15) is 10.1 Å². The van der Waals surface area contributed by atoms with Crippen LogP contribution < -0.4 is 0 Å². The molecule has 2 aliphatic heterocycles. The van der Waals surface area contributed by atoms with Crippen molar-refractivity contribution in [2.24, 2.45) is 0 Å². The number of benzene rings is 1. The molecule has 0 saturated carbocycles. The first-order valence-electron chi connectivity index (χ1n) is 4.88. The molecule has 0 unspecified atom stereocenters. The highest BCUT2D eigenvalue weighted by Crippen LogP contribution is 2.19. The van der Waals surface area contributed by atoms with Crippen LogP contribution >= 0.6 is 24.4 Å². The lowest BCUT2D eigenvalue weighted by molar-refractivity contribution is 0.804. The maximum absolute atomic E-state index is 5.15. The first-order valence-corrected chi connectivity index (χ1v) is 5.70. The fourth-order valence-corrected chi connectivity index (χ4v) is 2.08. The van der Waals surface area contributed by atoms with E-state index < -0.39 is 0 Å². The van der Waals surface area contributed by atoms with E-state index >= 15 is 0 Å². The summed E-state index contributed by atoms with van der Waals surface area (Å²) in [6, 6.07) is 9.71. The highest BCUT2D eigenvalue weighted by molar-refractivity contribution is 7.72. The summed E-state index contributed by atoms with van der Waals surface area (Å²) in [4.78, 5) is 7.04. The fourth-order valence-electron chi connectivity index (χ4n) is 1.60. The van der Waals surface area contributed by atoms with Gasteiger partial charge >= 0.3 is 0 Å². The molecule has 0 fully saturated rings. The quantitative estimate of drug-likeness (QED) is 0.661. The van der Waals surface area contributed by atoms with Crippen LogP contribution in [0.4, 0.5) is 0 Å². The van der Waals surface area contributed by atoms with Gasteiger partial charge in [0, 0.05) is 0 Å². The van der Waals surface area contributed by atoms with Crippen molar-refractivity contribution in [2.45, 2.75) is 0 Å². The van der Waals surface area contributed by atoms with Crippen LogP contribution in [0.15, 0.2) is 30.3 Å². The Bertz CT molecular complexity index is 739. The van der Waals surface area contributed by atoms with Crippen molar-refractivity contribution in [2.75, 3.05) is 0 Å². The van der Waals surface area contributed by atoms with Gasteiger partial charge in [0.15, 0.2) is 16.3 Å². The molecule has 7 heteroatoms. The van der Waals surface area contributed by atoms with Gasteiger partial charge in [0.2, 0.25) is 0 Å². The number of hydrogen-bond donors (Lipinski definition) is 2. The van der Waals surface area contributed by atoms with Crippen molar-refractivity contribution >= 4 is 24.4 Å². The van der Waals surface area contributed by atoms with E-state index in [0.29, 0.717) is 20.9 Å². The Balaban J connectivity index is 2.33. The van der Waals surface area contributed by atoms with Gasteiger partial charge in [-0.25, -0.2) is 9.90 Å². The summed E-state index contributed by atoms with van der Waals surface area (Å²) in [7, 11) is 0. The third kappa shape index (κ3) is 1.69. The first-order chi connectivity index (χ1) is 8.25. The third-order valence-electron chi connectivity index (χ3n) is 2.34. The Morgan fingerprint density at radius 1 is 1.12 bits per heavy atom. The molecule has 2 heterocycles. The van der Waals surface area contributed by atoms with E-state index in [-0.39, 0.29) is 0 Å². The smallest absolute Gasteiger partial charge is 0.200 e. The second kappa shape index (κ2) is 3.86. The van der Waals surface area contributed by atoms with Crippen molar-refractivity contribution in [3.63, 3.8) is 0 Å². The summed E-state index contributed by atoms with van der Waals surface area (Å²) in [6.45, 7) is 0. The van der Waals surface area contributed by atoms with Gasteiger partial charge in [-0.05, 0) is 24.4 Å². The number of nitrogens with zero attached hydrogens (tertiary/aromatic N) is 3. The molecule has 0 aliphatic carbocycles. The predicted molar refractivity (Wildman–Crippen MR) is 68.4 cm³/mol. The number of fused-ring (bicyclic) bond motifs is 1.